The van der Waals surface area contributed by atoms with Crippen molar-refractivity contribution in [3.05, 3.63) is 303 Å². The van der Waals surface area contributed by atoms with Gasteiger partial charge in [0.15, 0.2) is 0 Å². The number of aromatic nitrogens is 1. The van der Waals surface area contributed by atoms with E-state index >= 15 is 0 Å². The van der Waals surface area contributed by atoms with Gasteiger partial charge in [0.25, 0.3) is 0 Å². The molecule has 13 aromatic rings. The molecular formula is C72H50N2. The van der Waals surface area contributed by atoms with E-state index < -0.39 is 0 Å². The predicted octanol–water partition coefficient (Wildman–Crippen LogP) is 19.9. The zero-order chi connectivity index (χ0) is 49.2. The van der Waals surface area contributed by atoms with Crippen molar-refractivity contribution in [2.24, 2.45) is 0 Å². The van der Waals surface area contributed by atoms with Gasteiger partial charge in [-0.3, -0.25) is 0 Å². The summed E-state index contributed by atoms with van der Waals surface area (Å²) in [6.45, 7) is 0. The van der Waals surface area contributed by atoms with Crippen molar-refractivity contribution in [1.29, 1.82) is 0 Å². The topological polar surface area (TPSA) is 8.17 Å². The highest BCUT2D eigenvalue weighted by atomic mass is 15.1. The molecule has 2 heteroatoms. The Labute approximate surface area is 433 Å². The van der Waals surface area contributed by atoms with Crippen LogP contribution in [0, 0.1) is 0 Å². The van der Waals surface area contributed by atoms with Crippen LogP contribution in [-0.2, 0) is 0 Å². The summed E-state index contributed by atoms with van der Waals surface area (Å²) in [5.41, 5.74) is 23.4. The average Bonchev–Trinajstić information content (AvgIpc) is 3.83. The number of hydrogen-bond acceptors (Lipinski definition) is 1. The zero-order valence-electron chi connectivity index (χ0n) is 40.8. The molecule has 12 aromatic carbocycles. The van der Waals surface area contributed by atoms with E-state index in [2.05, 4.69) is 313 Å². The van der Waals surface area contributed by atoms with Crippen molar-refractivity contribution in [2.45, 2.75) is 0 Å². The molecule has 0 atom stereocenters. The predicted molar refractivity (Wildman–Crippen MR) is 314 cm³/mol. The average molecular weight is 943 g/mol. The van der Waals surface area contributed by atoms with Crippen LogP contribution in [0.5, 0.6) is 0 Å². The fourth-order valence-electron chi connectivity index (χ4n) is 10.8. The van der Waals surface area contributed by atoms with Gasteiger partial charge in [-0.25, -0.2) is 0 Å². The fourth-order valence-corrected chi connectivity index (χ4v) is 10.8. The van der Waals surface area contributed by atoms with E-state index in [4.69, 9.17) is 0 Å². The maximum atomic E-state index is 2.45. The highest BCUT2D eigenvalue weighted by Crippen LogP contribution is 2.43. The minimum atomic E-state index is 1.09. The van der Waals surface area contributed by atoms with Gasteiger partial charge in [0.2, 0.25) is 0 Å². The van der Waals surface area contributed by atoms with Gasteiger partial charge in [0.05, 0.1) is 11.0 Å². The van der Waals surface area contributed by atoms with Crippen LogP contribution in [0.4, 0.5) is 17.1 Å². The monoisotopic (exact) mass is 942 g/mol. The maximum Gasteiger partial charge on any atom is 0.0541 e. The molecule has 0 N–H and O–H groups in total. The molecule has 0 saturated heterocycles. The lowest BCUT2D eigenvalue weighted by atomic mass is 9.93. The van der Waals surface area contributed by atoms with E-state index in [1.165, 1.54) is 94.1 Å². The summed E-state index contributed by atoms with van der Waals surface area (Å²) >= 11 is 0. The molecule has 348 valence electrons. The minimum absolute atomic E-state index is 1.09. The molecule has 2 nitrogen and oxygen atoms in total. The first kappa shape index (κ1) is 44.2. The van der Waals surface area contributed by atoms with Gasteiger partial charge in [-0.2, -0.15) is 0 Å². The van der Waals surface area contributed by atoms with Crippen LogP contribution < -0.4 is 4.90 Å². The Hall–Kier alpha value is -9.76. The minimum Gasteiger partial charge on any atom is -0.310 e. The van der Waals surface area contributed by atoms with E-state index in [1.807, 2.05) is 0 Å². The van der Waals surface area contributed by atoms with Crippen LogP contribution in [0.3, 0.4) is 0 Å². The lowest BCUT2D eigenvalue weighted by Gasteiger charge is -2.26. The summed E-state index contributed by atoms with van der Waals surface area (Å²) in [5, 5.41) is 2.44. The molecular weight excluding hydrogens is 893 g/mol. The van der Waals surface area contributed by atoms with Crippen molar-refractivity contribution < 1.29 is 0 Å². The van der Waals surface area contributed by atoms with Crippen molar-refractivity contribution in [2.75, 3.05) is 4.90 Å². The number of hydrogen-bond donors (Lipinski definition) is 0. The van der Waals surface area contributed by atoms with Gasteiger partial charge in [0.1, 0.15) is 0 Å². The van der Waals surface area contributed by atoms with Gasteiger partial charge in [0, 0.05) is 33.5 Å². The first-order valence-electron chi connectivity index (χ1n) is 25.4. The lowest BCUT2D eigenvalue weighted by Crippen LogP contribution is -2.09. The summed E-state index contributed by atoms with van der Waals surface area (Å²) in [6, 6.07) is 110. The third kappa shape index (κ3) is 8.45. The summed E-state index contributed by atoms with van der Waals surface area (Å²) in [6.07, 6.45) is 0. The normalized spacial score (nSPS) is 11.2. The highest BCUT2D eigenvalue weighted by Gasteiger charge is 2.19. The first-order chi connectivity index (χ1) is 36.7. The summed E-state index contributed by atoms with van der Waals surface area (Å²) in [5.74, 6) is 0. The standard InChI is InChI=1S/C72H50N2/c1-5-20-51(21-6-1)53-36-38-54(39-37-53)60-46-59(52-22-7-2-8-23-52)48-64(49-60)74-71-35-18-17-34-69(71)70-50-58(42-45-72(70)74)68-33-16-14-31-66(68)56-40-43-62(44-41-56)73(61-27-11-4-12-28-61)63-29-19-26-57(47-63)67-32-15-13-30-65(67)55-24-9-3-10-25-55/h1-50H. The second-order valence-electron chi connectivity index (χ2n) is 18.9. The largest absolute Gasteiger partial charge is 0.310 e. The van der Waals surface area contributed by atoms with Crippen LogP contribution in [0.15, 0.2) is 303 Å². The molecule has 0 aliphatic carbocycles. The summed E-state index contributed by atoms with van der Waals surface area (Å²) in [4.78, 5) is 2.36. The van der Waals surface area contributed by atoms with Crippen LogP contribution >= 0.6 is 0 Å². The molecule has 0 spiro atoms. The van der Waals surface area contributed by atoms with Crippen LogP contribution in [0.1, 0.15) is 0 Å². The molecule has 0 fully saturated rings. The number of anilines is 3. The molecule has 0 aliphatic heterocycles. The number of rotatable bonds is 11. The Bertz CT molecular complexity index is 4080. The molecule has 0 saturated carbocycles. The SMILES string of the molecule is c1ccc(-c2ccc(-c3cc(-c4ccccc4)cc(-n4c5ccccc5c5cc(-c6ccccc6-c6ccc(N(c7ccccc7)c7cccc(-c8ccccc8-c8ccccc8)c7)cc6)ccc54)c3)cc2)cc1. The number of nitrogens with zero attached hydrogens (tertiary/aromatic N) is 2. The van der Waals surface area contributed by atoms with Gasteiger partial charge in [-0.05, 0) is 151 Å². The molecule has 0 unspecified atom stereocenters. The Balaban J connectivity index is 0.875. The molecule has 13 rings (SSSR count). The number of benzene rings is 12. The van der Waals surface area contributed by atoms with Gasteiger partial charge in [-0.15, -0.1) is 0 Å². The van der Waals surface area contributed by atoms with Gasteiger partial charge < -0.3 is 9.47 Å². The van der Waals surface area contributed by atoms with Crippen molar-refractivity contribution in [1.82, 2.24) is 4.57 Å². The van der Waals surface area contributed by atoms with Gasteiger partial charge in [-0.1, -0.05) is 231 Å². The van der Waals surface area contributed by atoms with Crippen LogP contribution in [0.25, 0.3) is 105 Å². The Morgan fingerprint density at radius 1 is 0.203 bits per heavy atom. The Morgan fingerprint density at radius 3 is 1.19 bits per heavy atom. The quantitative estimate of drug-likeness (QED) is 0.125. The maximum absolute atomic E-state index is 2.45. The van der Waals surface area contributed by atoms with E-state index in [-0.39, 0.29) is 0 Å². The van der Waals surface area contributed by atoms with Crippen molar-refractivity contribution in [3.63, 3.8) is 0 Å². The van der Waals surface area contributed by atoms with E-state index in [1.54, 1.807) is 0 Å². The van der Waals surface area contributed by atoms with E-state index in [0.29, 0.717) is 0 Å². The number of fused-ring (bicyclic) bond motifs is 3. The van der Waals surface area contributed by atoms with Crippen molar-refractivity contribution >= 4 is 38.9 Å². The lowest BCUT2D eigenvalue weighted by molar-refractivity contribution is 1.18. The zero-order valence-corrected chi connectivity index (χ0v) is 40.8. The fraction of sp³-hybridized carbons (Fsp3) is 0. The third-order valence-corrected chi connectivity index (χ3v) is 14.4. The molecule has 0 bridgehead atoms. The molecule has 74 heavy (non-hydrogen) atoms. The Morgan fingerprint density at radius 2 is 0.581 bits per heavy atom. The highest BCUT2D eigenvalue weighted by molar-refractivity contribution is 6.11. The molecule has 1 heterocycles. The van der Waals surface area contributed by atoms with Crippen molar-refractivity contribution in [3.8, 4) is 83.6 Å². The van der Waals surface area contributed by atoms with E-state index in [9.17, 15) is 0 Å². The summed E-state index contributed by atoms with van der Waals surface area (Å²) < 4.78 is 2.45. The second kappa shape index (κ2) is 19.4. The molecule has 0 amide bonds. The number of para-hydroxylation sites is 2. The van der Waals surface area contributed by atoms with Gasteiger partial charge >= 0.3 is 0 Å². The smallest absolute Gasteiger partial charge is 0.0541 e. The first-order valence-corrected chi connectivity index (χ1v) is 25.4. The molecule has 1 aromatic heterocycles. The Kier molecular flexibility index (Phi) is 11.6. The molecule has 0 aliphatic rings. The second-order valence-corrected chi connectivity index (χ2v) is 18.9. The van der Waals surface area contributed by atoms with E-state index in [0.717, 1.165) is 28.3 Å². The third-order valence-electron chi connectivity index (χ3n) is 14.4. The molecule has 0 radical (unpaired) electrons. The summed E-state index contributed by atoms with van der Waals surface area (Å²) in [7, 11) is 0. The van der Waals surface area contributed by atoms with Crippen LogP contribution in [-0.4, -0.2) is 4.57 Å². The van der Waals surface area contributed by atoms with Crippen LogP contribution in [0.2, 0.25) is 0 Å².